The van der Waals surface area contributed by atoms with Gasteiger partial charge in [0.25, 0.3) is 0 Å². The first-order valence-corrected chi connectivity index (χ1v) is 7.82. The second kappa shape index (κ2) is 5.57. The summed E-state index contributed by atoms with van der Waals surface area (Å²) in [6.45, 7) is 3.86. The van der Waals surface area contributed by atoms with Gasteiger partial charge in [-0.2, -0.15) is 16.3 Å². The third kappa shape index (κ3) is 2.98. The number of hydrogen-bond donors (Lipinski definition) is 1. The molecule has 1 N–H and O–H groups in total. The number of nitrogens with zero attached hydrogens (tertiary/aromatic N) is 3. The van der Waals surface area contributed by atoms with Crippen molar-refractivity contribution in [3.8, 4) is 11.4 Å². The maximum absolute atomic E-state index is 11.2. The van der Waals surface area contributed by atoms with Gasteiger partial charge in [-0.15, -0.1) is 0 Å². The molecule has 7 heteroatoms. The number of carboxylic acids is 1. The van der Waals surface area contributed by atoms with E-state index >= 15 is 0 Å². The predicted octanol–water partition coefficient (Wildman–Crippen LogP) is 2.48. The molecule has 1 fully saturated rings. The number of aromatic nitrogens is 2. The molecule has 3 rings (SSSR count). The lowest BCUT2D eigenvalue weighted by Gasteiger charge is -2.35. The first-order chi connectivity index (χ1) is 10.1. The van der Waals surface area contributed by atoms with Crippen LogP contribution in [0.25, 0.3) is 11.4 Å². The van der Waals surface area contributed by atoms with E-state index in [1.165, 1.54) is 0 Å². The monoisotopic (exact) mass is 307 g/mol. The fraction of sp³-hybridized carbons (Fsp3) is 0.500. The highest BCUT2D eigenvalue weighted by Gasteiger charge is 2.37. The number of carboxylic acid groups (broad SMARTS) is 1. The highest BCUT2D eigenvalue weighted by atomic mass is 32.1. The topological polar surface area (TPSA) is 79.5 Å². The van der Waals surface area contributed by atoms with Gasteiger partial charge in [0.1, 0.15) is 0 Å². The van der Waals surface area contributed by atoms with Gasteiger partial charge in [-0.3, -0.25) is 9.69 Å². The average molecular weight is 307 g/mol. The largest absolute Gasteiger partial charge is 0.481 e. The quantitative estimate of drug-likeness (QED) is 0.935. The molecule has 1 saturated heterocycles. The van der Waals surface area contributed by atoms with Crippen molar-refractivity contribution in [2.75, 3.05) is 13.1 Å². The van der Waals surface area contributed by atoms with Crippen molar-refractivity contribution < 1.29 is 14.4 Å². The summed E-state index contributed by atoms with van der Waals surface area (Å²) in [6, 6.07) is 1.96. The molecule has 21 heavy (non-hydrogen) atoms. The second-order valence-electron chi connectivity index (χ2n) is 5.67. The Labute approximate surface area is 126 Å². The molecule has 6 nitrogen and oxygen atoms in total. The summed E-state index contributed by atoms with van der Waals surface area (Å²) in [7, 11) is 0. The molecule has 1 aliphatic heterocycles. The van der Waals surface area contributed by atoms with E-state index in [1.54, 1.807) is 11.3 Å². The Hall–Kier alpha value is -1.73. The zero-order valence-electron chi connectivity index (χ0n) is 11.8. The van der Waals surface area contributed by atoms with E-state index in [0.717, 1.165) is 18.7 Å². The molecule has 0 atom stereocenters. The molecule has 0 amide bonds. The molecule has 0 unspecified atom stereocenters. The Morgan fingerprint density at radius 2 is 2.29 bits per heavy atom. The minimum atomic E-state index is -0.709. The molecule has 0 bridgehead atoms. The first-order valence-electron chi connectivity index (χ1n) is 6.88. The van der Waals surface area contributed by atoms with Crippen LogP contribution in [0.4, 0.5) is 0 Å². The number of rotatable bonds is 4. The number of hydrogen-bond acceptors (Lipinski definition) is 6. The van der Waals surface area contributed by atoms with E-state index in [2.05, 4.69) is 15.0 Å². The van der Waals surface area contributed by atoms with Gasteiger partial charge in [0.05, 0.1) is 12.0 Å². The highest BCUT2D eigenvalue weighted by molar-refractivity contribution is 7.08. The molecule has 0 radical (unpaired) electrons. The van der Waals surface area contributed by atoms with E-state index < -0.39 is 11.4 Å². The molecule has 3 heterocycles. The lowest BCUT2D eigenvalue weighted by Crippen LogP contribution is -2.42. The van der Waals surface area contributed by atoms with Crippen molar-refractivity contribution in [3.05, 3.63) is 22.7 Å². The minimum Gasteiger partial charge on any atom is -0.481 e. The SMILES string of the molecule is CC1(C(=O)O)CCN(Cc2nc(-c3ccsc3)no2)CC1. The van der Waals surface area contributed by atoms with E-state index in [4.69, 9.17) is 4.52 Å². The van der Waals surface area contributed by atoms with Crippen LogP contribution in [0.5, 0.6) is 0 Å². The molecular weight excluding hydrogens is 290 g/mol. The number of aliphatic carboxylic acids is 1. The van der Waals surface area contributed by atoms with Crippen LogP contribution in [0.2, 0.25) is 0 Å². The van der Waals surface area contributed by atoms with Crippen molar-refractivity contribution in [3.63, 3.8) is 0 Å². The third-order valence-corrected chi connectivity index (χ3v) is 4.77. The molecule has 0 saturated carbocycles. The van der Waals surface area contributed by atoms with Crippen LogP contribution in [-0.2, 0) is 11.3 Å². The summed E-state index contributed by atoms with van der Waals surface area (Å²) in [5.41, 5.74) is 0.361. The van der Waals surface area contributed by atoms with E-state index in [0.29, 0.717) is 31.1 Å². The fourth-order valence-electron chi connectivity index (χ4n) is 2.44. The lowest BCUT2D eigenvalue weighted by molar-refractivity contribution is -0.150. The third-order valence-electron chi connectivity index (χ3n) is 4.08. The zero-order valence-corrected chi connectivity index (χ0v) is 12.6. The van der Waals surface area contributed by atoms with Gasteiger partial charge in [0, 0.05) is 10.9 Å². The second-order valence-corrected chi connectivity index (χ2v) is 6.45. The van der Waals surface area contributed by atoms with Gasteiger partial charge < -0.3 is 9.63 Å². The molecule has 112 valence electrons. The van der Waals surface area contributed by atoms with E-state index in [9.17, 15) is 9.90 Å². The Bertz CT molecular complexity index is 615. The zero-order chi connectivity index (χ0) is 14.9. The maximum Gasteiger partial charge on any atom is 0.309 e. The highest BCUT2D eigenvalue weighted by Crippen LogP contribution is 2.31. The van der Waals surface area contributed by atoms with Crippen LogP contribution in [-0.4, -0.2) is 39.2 Å². The number of piperidine rings is 1. The van der Waals surface area contributed by atoms with Crippen molar-refractivity contribution in [1.82, 2.24) is 15.0 Å². The minimum absolute atomic E-state index is 0.576. The molecule has 0 aliphatic carbocycles. The van der Waals surface area contributed by atoms with Gasteiger partial charge in [0.15, 0.2) is 0 Å². The molecule has 0 spiro atoms. The van der Waals surface area contributed by atoms with Gasteiger partial charge in [-0.1, -0.05) is 5.16 Å². The van der Waals surface area contributed by atoms with Crippen LogP contribution in [0, 0.1) is 5.41 Å². The van der Waals surface area contributed by atoms with Crippen molar-refractivity contribution in [1.29, 1.82) is 0 Å². The average Bonchev–Trinajstić information content (AvgIpc) is 3.12. The maximum atomic E-state index is 11.2. The first kappa shape index (κ1) is 14.2. The summed E-state index contributed by atoms with van der Waals surface area (Å²) < 4.78 is 5.28. The summed E-state index contributed by atoms with van der Waals surface area (Å²) in [6.07, 6.45) is 1.29. The summed E-state index contributed by atoms with van der Waals surface area (Å²) in [4.78, 5) is 17.8. The smallest absolute Gasteiger partial charge is 0.309 e. The van der Waals surface area contributed by atoms with E-state index in [1.807, 2.05) is 23.8 Å². The standard InChI is InChI=1S/C14H17N3O3S/c1-14(13(18)19)3-5-17(6-4-14)8-11-15-12(16-20-11)10-2-7-21-9-10/h2,7,9H,3-6,8H2,1H3,(H,18,19). The van der Waals surface area contributed by atoms with Crippen molar-refractivity contribution in [2.24, 2.45) is 5.41 Å². The molecule has 2 aromatic rings. The molecule has 2 aromatic heterocycles. The molecular formula is C14H17N3O3S. The Morgan fingerprint density at radius 3 is 2.90 bits per heavy atom. The Balaban J connectivity index is 1.60. The van der Waals surface area contributed by atoms with Gasteiger partial charge in [0.2, 0.25) is 11.7 Å². The Kier molecular flexibility index (Phi) is 3.77. The van der Waals surface area contributed by atoms with Crippen molar-refractivity contribution >= 4 is 17.3 Å². The fourth-order valence-corrected chi connectivity index (χ4v) is 3.07. The summed E-state index contributed by atoms with van der Waals surface area (Å²) in [5, 5.41) is 17.2. The van der Waals surface area contributed by atoms with Gasteiger partial charge in [-0.05, 0) is 44.3 Å². The van der Waals surface area contributed by atoms with Gasteiger partial charge >= 0.3 is 5.97 Å². The van der Waals surface area contributed by atoms with Crippen LogP contribution in [0.1, 0.15) is 25.7 Å². The van der Waals surface area contributed by atoms with Gasteiger partial charge in [-0.25, -0.2) is 0 Å². The van der Waals surface area contributed by atoms with Crippen LogP contribution in [0.15, 0.2) is 21.3 Å². The summed E-state index contributed by atoms with van der Waals surface area (Å²) in [5.74, 6) is 0.480. The van der Waals surface area contributed by atoms with Crippen LogP contribution in [0.3, 0.4) is 0 Å². The van der Waals surface area contributed by atoms with Crippen LogP contribution >= 0.6 is 11.3 Å². The Morgan fingerprint density at radius 1 is 1.52 bits per heavy atom. The summed E-state index contributed by atoms with van der Waals surface area (Å²) >= 11 is 1.59. The normalized spacial score (nSPS) is 18.7. The molecule has 1 aliphatic rings. The number of likely N-dealkylation sites (tertiary alicyclic amines) is 1. The molecule has 0 aromatic carbocycles. The van der Waals surface area contributed by atoms with Crippen LogP contribution < -0.4 is 0 Å². The van der Waals surface area contributed by atoms with Crippen molar-refractivity contribution in [2.45, 2.75) is 26.3 Å². The number of carbonyl (C=O) groups is 1. The predicted molar refractivity (Wildman–Crippen MR) is 77.9 cm³/mol. The number of thiophene rings is 1. The lowest BCUT2D eigenvalue weighted by atomic mass is 9.80. The van der Waals surface area contributed by atoms with E-state index in [-0.39, 0.29) is 0 Å².